The number of fused-ring (bicyclic) bond motifs is 1. The van der Waals surface area contributed by atoms with Crippen LogP contribution in [0.1, 0.15) is 0 Å². The molecule has 0 bridgehead atoms. The van der Waals surface area contributed by atoms with Crippen molar-refractivity contribution >= 4 is 11.3 Å². The molecule has 0 aliphatic rings. The first kappa shape index (κ1) is 4.24. The van der Waals surface area contributed by atoms with Crippen LogP contribution in [0, 0.1) is 0 Å². The van der Waals surface area contributed by atoms with Crippen molar-refractivity contribution in [2.75, 3.05) is 0 Å². The Balaban J connectivity index is 2.95. The van der Waals surface area contributed by atoms with Gasteiger partial charge in [0, 0.05) is 0 Å². The third-order valence-electron chi connectivity index (χ3n) is 0.831. The van der Waals surface area contributed by atoms with Crippen molar-refractivity contribution in [3.63, 3.8) is 0 Å². The van der Waals surface area contributed by atoms with Crippen molar-refractivity contribution in [3.05, 3.63) is 0 Å². The van der Waals surface area contributed by atoms with E-state index in [1.54, 1.807) is 0 Å². The standard InChI is InChI=1S/C2HN7/c3-1-2(4-7-3)6-9-8-5-1/h(H,3,4,5,6,7,8,9). The van der Waals surface area contributed by atoms with E-state index >= 15 is 0 Å². The highest BCUT2D eigenvalue weighted by Crippen LogP contribution is 1.91. The maximum absolute atomic E-state index is 3.61. The summed E-state index contributed by atoms with van der Waals surface area (Å²) in [5.74, 6) is 0. The van der Waals surface area contributed by atoms with Gasteiger partial charge in [-0.05, 0) is 10.4 Å². The molecular weight excluding hydrogens is 122 g/mol. The summed E-state index contributed by atoms with van der Waals surface area (Å²) in [6, 6.07) is 0. The molecule has 7 heteroatoms. The van der Waals surface area contributed by atoms with Gasteiger partial charge in [-0.25, -0.2) is 0 Å². The molecule has 0 atom stereocenters. The van der Waals surface area contributed by atoms with E-state index in [-0.39, 0.29) is 0 Å². The largest absolute Gasteiger partial charge is 0.245 e. The van der Waals surface area contributed by atoms with Crippen LogP contribution in [0.15, 0.2) is 0 Å². The van der Waals surface area contributed by atoms with Crippen LogP contribution >= 0.6 is 0 Å². The second-order valence-electron chi connectivity index (χ2n) is 1.35. The molecule has 9 heavy (non-hydrogen) atoms. The van der Waals surface area contributed by atoms with E-state index in [1.165, 1.54) is 0 Å². The zero-order valence-electron chi connectivity index (χ0n) is 4.18. The average molecular weight is 123 g/mol. The molecule has 0 saturated carbocycles. The Labute approximate surface area is 48.5 Å². The highest BCUT2D eigenvalue weighted by molar-refractivity contribution is 5.60. The Morgan fingerprint density at radius 3 is 2.00 bits per heavy atom. The van der Waals surface area contributed by atoms with Crippen LogP contribution in [0.4, 0.5) is 0 Å². The number of aromatic amines is 1. The van der Waals surface area contributed by atoms with E-state index in [9.17, 15) is 0 Å². The number of rotatable bonds is 0. The van der Waals surface area contributed by atoms with Gasteiger partial charge < -0.3 is 0 Å². The number of hydrogen-bond acceptors (Lipinski definition) is 6. The first-order valence-electron chi connectivity index (χ1n) is 2.19. The van der Waals surface area contributed by atoms with Gasteiger partial charge in [0.15, 0.2) is 0 Å². The van der Waals surface area contributed by atoms with Crippen LogP contribution in [-0.4, -0.2) is 36.0 Å². The van der Waals surface area contributed by atoms with Gasteiger partial charge in [-0.3, -0.25) is 0 Å². The highest BCUT2D eigenvalue weighted by Gasteiger charge is 1.97. The lowest BCUT2D eigenvalue weighted by molar-refractivity contribution is 0.790. The molecule has 1 N–H and O–H groups in total. The van der Waals surface area contributed by atoms with Crippen molar-refractivity contribution in [1.29, 1.82) is 0 Å². The van der Waals surface area contributed by atoms with Crippen molar-refractivity contribution in [2.45, 2.75) is 0 Å². The maximum Gasteiger partial charge on any atom is 0.245 e. The van der Waals surface area contributed by atoms with Crippen LogP contribution in [0.25, 0.3) is 11.3 Å². The minimum atomic E-state index is 0.380. The van der Waals surface area contributed by atoms with Gasteiger partial charge in [-0.15, -0.1) is 20.4 Å². The molecule has 7 nitrogen and oxygen atoms in total. The number of aromatic nitrogens is 7. The lowest BCUT2D eigenvalue weighted by Crippen LogP contribution is -1.90. The second-order valence-corrected chi connectivity index (χ2v) is 1.35. The minimum absolute atomic E-state index is 0.380. The van der Waals surface area contributed by atoms with E-state index in [1.807, 2.05) is 0 Å². The van der Waals surface area contributed by atoms with Crippen LogP contribution in [0.5, 0.6) is 0 Å². The topological polar surface area (TPSA) is 93.1 Å². The summed E-state index contributed by atoms with van der Waals surface area (Å²) in [6.07, 6.45) is 0. The molecule has 0 unspecified atom stereocenters. The first-order valence-corrected chi connectivity index (χ1v) is 2.19. The lowest BCUT2D eigenvalue weighted by atomic mass is 10.8. The molecule has 0 aromatic carbocycles. The molecule has 2 heterocycles. The molecule has 44 valence electrons. The van der Waals surface area contributed by atoms with Crippen molar-refractivity contribution in [1.82, 2.24) is 36.0 Å². The summed E-state index contributed by atoms with van der Waals surface area (Å²) in [4.78, 5) is 0. The zero-order valence-corrected chi connectivity index (χ0v) is 4.18. The molecule has 2 aromatic rings. The Kier molecular flexibility index (Phi) is 0.663. The van der Waals surface area contributed by atoms with Crippen LogP contribution in [0.3, 0.4) is 0 Å². The molecular formula is C2HN7. The third-order valence-corrected chi connectivity index (χ3v) is 0.831. The van der Waals surface area contributed by atoms with Crippen molar-refractivity contribution in [2.24, 2.45) is 0 Å². The van der Waals surface area contributed by atoms with Crippen molar-refractivity contribution < 1.29 is 0 Å². The average Bonchev–Trinajstić information content (AvgIpc) is 2.33. The van der Waals surface area contributed by atoms with E-state index in [4.69, 9.17) is 0 Å². The quantitative estimate of drug-likeness (QED) is 0.460. The summed E-state index contributed by atoms with van der Waals surface area (Å²) in [6.45, 7) is 0. The number of nitrogens with one attached hydrogen (secondary N) is 1. The third kappa shape index (κ3) is 0.507. The Hall–Kier alpha value is -1.66. The maximum atomic E-state index is 3.61. The molecule has 2 rings (SSSR count). The molecule has 2 aromatic heterocycles. The minimum Gasteiger partial charge on any atom is -0.193 e. The normalized spacial score (nSPS) is 10.2. The first-order chi connectivity index (χ1) is 4.47. The summed E-state index contributed by atoms with van der Waals surface area (Å²) in [7, 11) is 0. The zero-order chi connectivity index (χ0) is 6.10. The van der Waals surface area contributed by atoms with Gasteiger partial charge in [0.1, 0.15) is 0 Å². The summed E-state index contributed by atoms with van der Waals surface area (Å²) < 4.78 is 0. The van der Waals surface area contributed by atoms with Gasteiger partial charge >= 0.3 is 0 Å². The predicted octanol–water partition coefficient (Wildman–Crippen LogP) is -1.46. The molecule has 0 amide bonds. The molecule has 0 aliphatic heterocycles. The van der Waals surface area contributed by atoms with Crippen LogP contribution in [-0.2, 0) is 0 Å². The highest BCUT2D eigenvalue weighted by atomic mass is 15.5. The molecule has 0 radical (unpaired) electrons. The summed E-state index contributed by atoms with van der Waals surface area (Å²) in [5.41, 5.74) is 0.759. The monoisotopic (exact) mass is 123 g/mol. The fourth-order valence-corrected chi connectivity index (χ4v) is 0.479. The molecule has 0 spiro atoms. The smallest absolute Gasteiger partial charge is 0.193 e. The fraction of sp³-hybridized carbons (Fsp3) is 0. The number of H-pyrrole nitrogens is 1. The van der Waals surface area contributed by atoms with E-state index in [2.05, 4.69) is 36.0 Å². The van der Waals surface area contributed by atoms with Crippen molar-refractivity contribution in [3.8, 4) is 0 Å². The summed E-state index contributed by atoms with van der Waals surface area (Å²) in [5, 5.41) is 23.1. The van der Waals surface area contributed by atoms with Gasteiger partial charge in [0.05, 0.1) is 0 Å². The van der Waals surface area contributed by atoms with E-state index in [0.29, 0.717) is 11.3 Å². The predicted molar refractivity (Wildman–Crippen MR) is 25.1 cm³/mol. The fourth-order valence-electron chi connectivity index (χ4n) is 0.479. The van der Waals surface area contributed by atoms with Gasteiger partial charge in [-0.1, -0.05) is 0 Å². The molecule has 0 fully saturated rings. The van der Waals surface area contributed by atoms with Crippen LogP contribution < -0.4 is 0 Å². The number of nitrogens with zero attached hydrogens (tertiary/aromatic N) is 6. The Morgan fingerprint density at radius 1 is 0.889 bits per heavy atom. The molecule has 0 aliphatic carbocycles. The van der Waals surface area contributed by atoms with Gasteiger partial charge in [0.2, 0.25) is 11.3 Å². The van der Waals surface area contributed by atoms with Gasteiger partial charge in [-0.2, -0.15) is 5.21 Å². The SMILES string of the molecule is n1nnc2n[nH]nc2n1. The Bertz CT molecular complexity index is 281. The second kappa shape index (κ2) is 1.41. The van der Waals surface area contributed by atoms with Gasteiger partial charge in [0.25, 0.3) is 0 Å². The van der Waals surface area contributed by atoms with E-state index < -0.39 is 0 Å². The number of hydrogen-bond donors (Lipinski definition) is 1. The summed E-state index contributed by atoms with van der Waals surface area (Å²) >= 11 is 0. The Morgan fingerprint density at radius 2 is 1.44 bits per heavy atom. The van der Waals surface area contributed by atoms with E-state index in [0.717, 1.165) is 0 Å². The lowest BCUT2D eigenvalue weighted by Gasteiger charge is -1.73. The van der Waals surface area contributed by atoms with Crippen LogP contribution in [0.2, 0.25) is 0 Å². The molecule has 0 saturated heterocycles.